The van der Waals surface area contributed by atoms with Crippen LogP contribution in [0.15, 0.2) is 67.0 Å². The van der Waals surface area contributed by atoms with E-state index >= 15 is 0 Å². The van der Waals surface area contributed by atoms with Crippen molar-refractivity contribution in [1.82, 2.24) is 15.1 Å². The summed E-state index contributed by atoms with van der Waals surface area (Å²) in [5.74, 6) is 0.130. The highest BCUT2D eigenvalue weighted by Gasteiger charge is 2.33. The summed E-state index contributed by atoms with van der Waals surface area (Å²) in [6, 6.07) is 15.9. The summed E-state index contributed by atoms with van der Waals surface area (Å²) in [4.78, 5) is 12.4. The summed E-state index contributed by atoms with van der Waals surface area (Å²) < 4.78 is 14.9. The molecular formula is C21H21FN4O. The number of rotatable bonds is 6. The van der Waals surface area contributed by atoms with Crippen LogP contribution in [0, 0.1) is 11.7 Å². The number of urea groups is 1. The van der Waals surface area contributed by atoms with E-state index in [9.17, 15) is 9.18 Å². The van der Waals surface area contributed by atoms with Gasteiger partial charge in [-0.1, -0.05) is 42.5 Å². The maximum Gasteiger partial charge on any atom is 0.319 e. The monoisotopic (exact) mass is 364 g/mol. The van der Waals surface area contributed by atoms with Crippen LogP contribution in [0.5, 0.6) is 0 Å². The van der Waals surface area contributed by atoms with Gasteiger partial charge in [-0.25, -0.2) is 9.18 Å². The van der Waals surface area contributed by atoms with Gasteiger partial charge in [-0.05, 0) is 42.0 Å². The number of carbonyl (C=O) groups excluding carboxylic acids is 1. The molecule has 1 heterocycles. The number of nitrogens with one attached hydrogen (secondary N) is 2. The van der Waals surface area contributed by atoms with Crippen LogP contribution < -0.4 is 10.6 Å². The van der Waals surface area contributed by atoms with E-state index in [-0.39, 0.29) is 17.9 Å². The molecule has 1 fully saturated rings. The predicted octanol–water partition coefficient (Wildman–Crippen LogP) is 4.34. The Kier molecular flexibility index (Phi) is 4.87. The van der Waals surface area contributed by atoms with Crippen molar-refractivity contribution < 1.29 is 9.18 Å². The van der Waals surface area contributed by atoms with Crippen molar-refractivity contribution >= 4 is 11.7 Å². The smallest absolute Gasteiger partial charge is 0.319 e. The normalized spacial score (nSPS) is 14.6. The number of nitrogens with zero attached hydrogens (tertiary/aromatic N) is 2. The number of carbonyl (C=O) groups is 1. The molecule has 1 aliphatic carbocycles. The van der Waals surface area contributed by atoms with E-state index in [1.807, 2.05) is 30.3 Å². The molecule has 1 saturated carbocycles. The maximum absolute atomic E-state index is 13.2. The molecule has 3 aromatic rings. The molecule has 1 aliphatic rings. The van der Waals surface area contributed by atoms with Crippen LogP contribution >= 0.6 is 0 Å². The molecule has 1 unspecified atom stereocenters. The Bertz CT molecular complexity index is 903. The highest BCUT2D eigenvalue weighted by molar-refractivity contribution is 5.89. The average Bonchev–Trinajstić information content (AvgIpc) is 3.43. The molecule has 138 valence electrons. The van der Waals surface area contributed by atoms with E-state index in [1.54, 1.807) is 29.2 Å². The molecule has 0 bridgehead atoms. The number of benzene rings is 2. The molecule has 1 atom stereocenters. The zero-order chi connectivity index (χ0) is 18.6. The first-order valence-electron chi connectivity index (χ1n) is 9.07. The molecule has 2 N–H and O–H groups in total. The third-order valence-corrected chi connectivity index (χ3v) is 4.69. The van der Waals surface area contributed by atoms with E-state index in [4.69, 9.17) is 0 Å². The van der Waals surface area contributed by atoms with Crippen molar-refractivity contribution in [2.24, 2.45) is 5.92 Å². The van der Waals surface area contributed by atoms with Crippen LogP contribution in [0.25, 0.3) is 0 Å². The summed E-state index contributed by atoms with van der Waals surface area (Å²) >= 11 is 0. The average molecular weight is 364 g/mol. The Morgan fingerprint density at radius 2 is 1.89 bits per heavy atom. The second-order valence-electron chi connectivity index (χ2n) is 6.88. The zero-order valence-corrected chi connectivity index (χ0v) is 14.8. The Hall–Kier alpha value is -3.15. The standard InChI is InChI=1S/C21H21FN4O/c22-18-10-8-17(9-11-18)20(16-6-7-16)25-21(27)24-19-12-23-26(14-19)13-15-4-2-1-3-5-15/h1-5,8-12,14,16,20H,6-7,13H2,(H2,24,25,27). The van der Waals surface area contributed by atoms with E-state index < -0.39 is 0 Å². The molecule has 4 rings (SSSR count). The topological polar surface area (TPSA) is 59.0 Å². The molecule has 1 aromatic heterocycles. The number of aromatic nitrogens is 2. The summed E-state index contributed by atoms with van der Waals surface area (Å²) in [6.07, 6.45) is 5.57. The minimum absolute atomic E-state index is 0.107. The third-order valence-electron chi connectivity index (χ3n) is 4.69. The van der Waals surface area contributed by atoms with Crippen molar-refractivity contribution in [1.29, 1.82) is 0 Å². The van der Waals surface area contributed by atoms with Crippen molar-refractivity contribution in [3.8, 4) is 0 Å². The van der Waals surface area contributed by atoms with Gasteiger partial charge in [0.25, 0.3) is 0 Å². The summed E-state index contributed by atoms with van der Waals surface area (Å²) in [5.41, 5.74) is 2.70. The third kappa shape index (κ3) is 4.53. The van der Waals surface area contributed by atoms with Crippen molar-refractivity contribution in [3.05, 3.63) is 83.9 Å². The van der Waals surface area contributed by atoms with Crippen LogP contribution in [0.1, 0.15) is 30.0 Å². The number of anilines is 1. The van der Waals surface area contributed by atoms with Crippen LogP contribution in [0.4, 0.5) is 14.9 Å². The first-order valence-corrected chi connectivity index (χ1v) is 9.07. The maximum atomic E-state index is 13.2. The molecule has 2 aromatic carbocycles. The second kappa shape index (κ2) is 7.61. The highest BCUT2D eigenvalue weighted by Crippen LogP contribution is 2.41. The fourth-order valence-electron chi connectivity index (χ4n) is 3.17. The van der Waals surface area contributed by atoms with Crippen molar-refractivity contribution in [2.75, 3.05) is 5.32 Å². The lowest BCUT2D eigenvalue weighted by molar-refractivity contribution is 0.247. The fourth-order valence-corrected chi connectivity index (χ4v) is 3.17. The first kappa shape index (κ1) is 17.3. The van der Waals surface area contributed by atoms with Gasteiger partial charge in [0.1, 0.15) is 5.82 Å². The molecule has 27 heavy (non-hydrogen) atoms. The Balaban J connectivity index is 1.38. The lowest BCUT2D eigenvalue weighted by Crippen LogP contribution is -2.33. The van der Waals surface area contributed by atoms with Gasteiger partial charge in [-0.3, -0.25) is 4.68 Å². The van der Waals surface area contributed by atoms with Gasteiger partial charge in [-0.15, -0.1) is 0 Å². The van der Waals surface area contributed by atoms with Gasteiger partial charge >= 0.3 is 6.03 Å². The highest BCUT2D eigenvalue weighted by atomic mass is 19.1. The minimum atomic E-state index is -0.282. The Morgan fingerprint density at radius 1 is 1.15 bits per heavy atom. The minimum Gasteiger partial charge on any atom is -0.331 e. The van der Waals surface area contributed by atoms with Crippen LogP contribution in [-0.2, 0) is 6.54 Å². The molecule has 0 radical (unpaired) electrons. The van der Waals surface area contributed by atoms with Crippen molar-refractivity contribution in [3.63, 3.8) is 0 Å². The van der Waals surface area contributed by atoms with Gasteiger partial charge < -0.3 is 10.6 Å². The Morgan fingerprint density at radius 3 is 2.59 bits per heavy atom. The van der Waals surface area contributed by atoms with Gasteiger partial charge in [-0.2, -0.15) is 5.10 Å². The number of hydrogen-bond acceptors (Lipinski definition) is 2. The van der Waals surface area contributed by atoms with Gasteiger partial charge in [0.15, 0.2) is 0 Å². The van der Waals surface area contributed by atoms with Gasteiger partial charge in [0.05, 0.1) is 24.5 Å². The van der Waals surface area contributed by atoms with Crippen LogP contribution in [-0.4, -0.2) is 15.8 Å². The van der Waals surface area contributed by atoms with Gasteiger partial charge in [0, 0.05) is 6.20 Å². The van der Waals surface area contributed by atoms with E-state index in [1.165, 1.54) is 12.1 Å². The Labute approximate surface area is 157 Å². The second-order valence-corrected chi connectivity index (χ2v) is 6.88. The number of hydrogen-bond donors (Lipinski definition) is 2. The van der Waals surface area contributed by atoms with E-state index in [0.717, 1.165) is 24.0 Å². The van der Waals surface area contributed by atoms with Crippen LogP contribution in [0.2, 0.25) is 0 Å². The fraction of sp³-hybridized carbons (Fsp3) is 0.238. The zero-order valence-electron chi connectivity index (χ0n) is 14.8. The summed E-state index contributed by atoms with van der Waals surface area (Å²) in [7, 11) is 0. The van der Waals surface area contributed by atoms with Crippen molar-refractivity contribution in [2.45, 2.75) is 25.4 Å². The molecule has 0 aliphatic heterocycles. The predicted molar refractivity (Wildman–Crippen MR) is 102 cm³/mol. The molecule has 6 heteroatoms. The largest absolute Gasteiger partial charge is 0.331 e. The molecule has 5 nitrogen and oxygen atoms in total. The van der Waals surface area contributed by atoms with E-state index in [0.29, 0.717) is 18.2 Å². The lowest BCUT2D eigenvalue weighted by atomic mass is 10.0. The van der Waals surface area contributed by atoms with Gasteiger partial charge in [0.2, 0.25) is 0 Å². The SMILES string of the molecule is O=C(Nc1cnn(Cc2ccccc2)c1)NC(c1ccc(F)cc1)C1CC1. The molecule has 2 amide bonds. The lowest BCUT2D eigenvalue weighted by Gasteiger charge is -2.19. The number of halogens is 1. The van der Waals surface area contributed by atoms with E-state index in [2.05, 4.69) is 15.7 Å². The quantitative estimate of drug-likeness (QED) is 0.683. The van der Waals surface area contributed by atoms with Crippen LogP contribution in [0.3, 0.4) is 0 Å². The summed E-state index contributed by atoms with van der Waals surface area (Å²) in [6.45, 7) is 0.643. The molecule has 0 saturated heterocycles. The number of amides is 2. The summed E-state index contributed by atoms with van der Waals surface area (Å²) in [5, 5.41) is 10.1. The molecular weight excluding hydrogens is 343 g/mol. The molecule has 0 spiro atoms. The first-order chi connectivity index (χ1) is 13.2.